The van der Waals surface area contributed by atoms with Gasteiger partial charge in [0.2, 0.25) is 0 Å². The number of rotatable bonds is 3. The summed E-state index contributed by atoms with van der Waals surface area (Å²) in [4.78, 5) is 14.6. The molecule has 0 unspecified atom stereocenters. The maximum Gasteiger partial charge on any atom is 0.123 e. The molecule has 0 bridgehead atoms. The molecule has 16 heavy (non-hydrogen) atoms. The van der Waals surface area contributed by atoms with Gasteiger partial charge < -0.3 is 9.90 Å². The highest BCUT2D eigenvalue weighted by Crippen LogP contribution is 2.25. The Hall–Kier alpha value is -1.39. The molecule has 1 aromatic carbocycles. The van der Waals surface area contributed by atoms with E-state index < -0.39 is 5.97 Å². The summed E-state index contributed by atoms with van der Waals surface area (Å²) in [5.41, 5.74) is 1.40. The van der Waals surface area contributed by atoms with Gasteiger partial charge in [-0.25, -0.2) is 4.98 Å². The smallest absolute Gasteiger partial charge is 0.123 e. The monoisotopic (exact) mass is 252 g/mol. The van der Waals surface area contributed by atoms with Gasteiger partial charge in [0.25, 0.3) is 0 Å². The summed E-state index contributed by atoms with van der Waals surface area (Å²) >= 11 is 7.25. The largest absolute Gasteiger partial charge is 0.550 e. The summed E-state index contributed by atoms with van der Waals surface area (Å²) in [6, 6.07) is 7.29. The van der Waals surface area contributed by atoms with Crippen molar-refractivity contribution in [1.29, 1.82) is 0 Å². The fourth-order valence-corrected chi connectivity index (χ4v) is 2.30. The number of hydrogen-bond acceptors (Lipinski definition) is 4. The molecule has 0 aliphatic carbocycles. The van der Waals surface area contributed by atoms with Crippen LogP contribution in [0.5, 0.6) is 0 Å². The van der Waals surface area contributed by atoms with Crippen molar-refractivity contribution in [3.05, 3.63) is 40.4 Å². The lowest BCUT2D eigenvalue weighted by molar-refractivity contribution is -0.304. The van der Waals surface area contributed by atoms with E-state index >= 15 is 0 Å². The Morgan fingerprint density at radius 1 is 1.50 bits per heavy atom. The van der Waals surface area contributed by atoms with Gasteiger partial charge in [-0.1, -0.05) is 23.7 Å². The van der Waals surface area contributed by atoms with E-state index in [1.807, 2.05) is 12.1 Å². The lowest BCUT2D eigenvalue weighted by Crippen LogP contribution is -2.24. The summed E-state index contributed by atoms with van der Waals surface area (Å²) in [7, 11) is 0. The Bertz CT molecular complexity index is 524. The Labute approximate surface area is 101 Å². The molecule has 0 atom stereocenters. The molecule has 0 amide bonds. The second-order valence-corrected chi connectivity index (χ2v) is 4.50. The van der Waals surface area contributed by atoms with Crippen molar-refractivity contribution < 1.29 is 9.90 Å². The second kappa shape index (κ2) is 4.63. The Kier molecular flexibility index (Phi) is 3.22. The molecular weight excluding hydrogens is 246 g/mol. The molecule has 1 heterocycles. The van der Waals surface area contributed by atoms with Gasteiger partial charge >= 0.3 is 0 Å². The number of benzene rings is 1. The van der Waals surface area contributed by atoms with Crippen molar-refractivity contribution >= 4 is 28.9 Å². The van der Waals surface area contributed by atoms with Gasteiger partial charge in [-0.05, 0) is 12.1 Å². The fraction of sp³-hybridized carbons (Fsp3) is 0.0909. The summed E-state index contributed by atoms with van der Waals surface area (Å²) in [5.74, 6) is -1.12. The van der Waals surface area contributed by atoms with Crippen LogP contribution in [0.15, 0.2) is 29.6 Å². The van der Waals surface area contributed by atoms with Crippen LogP contribution >= 0.6 is 22.9 Å². The minimum Gasteiger partial charge on any atom is -0.550 e. The zero-order valence-electron chi connectivity index (χ0n) is 8.14. The average Bonchev–Trinajstić information content (AvgIpc) is 2.65. The van der Waals surface area contributed by atoms with Gasteiger partial charge in [-0.3, -0.25) is 0 Å². The summed E-state index contributed by atoms with van der Waals surface area (Å²) in [5, 5.41) is 13.5. The van der Waals surface area contributed by atoms with E-state index in [4.69, 9.17) is 11.6 Å². The molecule has 0 saturated heterocycles. The SMILES string of the molecule is O=C([O-])Cc1csc(-c2cccc(Cl)c2)n1. The van der Waals surface area contributed by atoms with Crippen LogP contribution in [0.1, 0.15) is 5.69 Å². The first kappa shape index (κ1) is 11.1. The molecule has 5 heteroatoms. The summed E-state index contributed by atoms with van der Waals surface area (Å²) in [6.45, 7) is 0. The normalized spacial score (nSPS) is 10.3. The number of halogens is 1. The molecule has 0 saturated carbocycles. The zero-order chi connectivity index (χ0) is 11.5. The summed E-state index contributed by atoms with van der Waals surface area (Å²) < 4.78 is 0. The van der Waals surface area contributed by atoms with E-state index in [0.29, 0.717) is 10.7 Å². The maximum absolute atomic E-state index is 10.4. The second-order valence-electron chi connectivity index (χ2n) is 3.20. The number of carboxylic acid groups (broad SMARTS) is 1. The van der Waals surface area contributed by atoms with Crippen molar-refractivity contribution in [2.75, 3.05) is 0 Å². The van der Waals surface area contributed by atoms with Crippen molar-refractivity contribution in [2.24, 2.45) is 0 Å². The van der Waals surface area contributed by atoms with E-state index in [1.54, 1.807) is 17.5 Å². The van der Waals surface area contributed by atoms with Gasteiger partial charge in [0.05, 0.1) is 5.69 Å². The molecule has 3 nitrogen and oxygen atoms in total. The van der Waals surface area contributed by atoms with Crippen LogP contribution in [-0.4, -0.2) is 11.0 Å². The van der Waals surface area contributed by atoms with Gasteiger partial charge in [0, 0.05) is 28.4 Å². The van der Waals surface area contributed by atoms with Crippen LogP contribution in [-0.2, 0) is 11.2 Å². The minimum atomic E-state index is -1.12. The van der Waals surface area contributed by atoms with Gasteiger partial charge in [0.1, 0.15) is 5.01 Å². The van der Waals surface area contributed by atoms with Gasteiger partial charge in [-0.2, -0.15) is 0 Å². The van der Waals surface area contributed by atoms with E-state index in [2.05, 4.69) is 4.98 Å². The van der Waals surface area contributed by atoms with Crippen molar-refractivity contribution in [3.63, 3.8) is 0 Å². The predicted octanol–water partition coefficient (Wildman–Crippen LogP) is 1.76. The number of hydrogen-bond donors (Lipinski definition) is 0. The number of nitrogens with zero attached hydrogens (tertiary/aromatic N) is 1. The molecule has 2 aromatic rings. The number of carbonyl (C=O) groups is 1. The highest BCUT2D eigenvalue weighted by molar-refractivity contribution is 7.13. The molecule has 82 valence electrons. The third-order valence-corrected chi connectivity index (χ3v) is 3.12. The van der Waals surface area contributed by atoms with Crippen molar-refractivity contribution in [2.45, 2.75) is 6.42 Å². The van der Waals surface area contributed by atoms with Crippen molar-refractivity contribution in [1.82, 2.24) is 4.98 Å². The van der Waals surface area contributed by atoms with Crippen LogP contribution in [0.3, 0.4) is 0 Å². The van der Waals surface area contributed by atoms with Gasteiger partial charge in [-0.15, -0.1) is 11.3 Å². The molecular formula is C11H7ClNO2S-. The molecule has 0 fully saturated rings. The lowest BCUT2D eigenvalue weighted by Gasteiger charge is -1.97. The number of thiazole rings is 1. The first-order chi connectivity index (χ1) is 7.65. The highest BCUT2D eigenvalue weighted by Gasteiger charge is 2.05. The van der Waals surface area contributed by atoms with E-state index in [9.17, 15) is 9.90 Å². The number of aliphatic carboxylic acids is 1. The van der Waals surface area contributed by atoms with Crippen LogP contribution < -0.4 is 5.11 Å². The minimum absolute atomic E-state index is 0.156. The highest BCUT2D eigenvalue weighted by atomic mass is 35.5. The van der Waals surface area contributed by atoms with E-state index in [0.717, 1.165) is 10.6 Å². The number of carboxylic acids is 1. The molecule has 2 rings (SSSR count). The first-order valence-electron chi connectivity index (χ1n) is 4.55. The maximum atomic E-state index is 10.4. The molecule has 0 aliphatic rings. The van der Waals surface area contributed by atoms with Crippen LogP contribution in [0.25, 0.3) is 10.6 Å². The third kappa shape index (κ3) is 2.59. The average molecular weight is 253 g/mol. The fourth-order valence-electron chi connectivity index (χ4n) is 1.29. The van der Waals surface area contributed by atoms with Gasteiger partial charge in [0.15, 0.2) is 0 Å². The topological polar surface area (TPSA) is 53.0 Å². The Morgan fingerprint density at radius 2 is 2.31 bits per heavy atom. The molecule has 0 spiro atoms. The molecule has 0 aliphatic heterocycles. The first-order valence-corrected chi connectivity index (χ1v) is 5.81. The van der Waals surface area contributed by atoms with Crippen LogP contribution in [0, 0.1) is 0 Å². The van der Waals surface area contributed by atoms with E-state index in [-0.39, 0.29) is 6.42 Å². The molecule has 1 aromatic heterocycles. The van der Waals surface area contributed by atoms with E-state index in [1.165, 1.54) is 11.3 Å². The van der Waals surface area contributed by atoms with Crippen LogP contribution in [0.4, 0.5) is 0 Å². The summed E-state index contributed by atoms with van der Waals surface area (Å²) in [6.07, 6.45) is -0.156. The Morgan fingerprint density at radius 3 is 3.00 bits per heavy atom. The third-order valence-electron chi connectivity index (χ3n) is 1.95. The Balaban J connectivity index is 2.28. The molecule has 0 N–H and O–H groups in total. The van der Waals surface area contributed by atoms with Crippen molar-refractivity contribution in [3.8, 4) is 10.6 Å². The number of aromatic nitrogens is 1. The quantitative estimate of drug-likeness (QED) is 0.836. The zero-order valence-corrected chi connectivity index (χ0v) is 9.72. The lowest BCUT2D eigenvalue weighted by atomic mass is 10.2. The standard InChI is InChI=1S/C11H8ClNO2S/c12-8-3-1-2-7(4-8)11-13-9(6-16-11)5-10(14)15/h1-4,6H,5H2,(H,14,15)/p-1. The van der Waals surface area contributed by atoms with Crippen LogP contribution in [0.2, 0.25) is 5.02 Å². The molecule has 0 radical (unpaired) electrons. The predicted molar refractivity (Wildman–Crippen MR) is 61.3 cm³/mol. The number of carbonyl (C=O) groups excluding carboxylic acids is 1.